The third-order valence-electron chi connectivity index (χ3n) is 4.76. The van der Waals surface area contributed by atoms with Crippen molar-refractivity contribution in [3.05, 3.63) is 95.3 Å². The van der Waals surface area contributed by atoms with Crippen LogP contribution in [0.1, 0.15) is 60.4 Å². The van der Waals surface area contributed by atoms with Gasteiger partial charge in [-0.15, -0.1) is 0 Å². The van der Waals surface area contributed by atoms with Crippen molar-refractivity contribution in [2.45, 2.75) is 51.3 Å². The van der Waals surface area contributed by atoms with Gasteiger partial charge in [-0.1, -0.05) is 70.3 Å². The molecule has 4 nitrogen and oxygen atoms in total. The minimum absolute atomic E-state index is 0.0916. The van der Waals surface area contributed by atoms with Gasteiger partial charge in [0.25, 0.3) is 5.91 Å². The third kappa shape index (κ3) is 8.15. The van der Waals surface area contributed by atoms with Crippen LogP contribution in [0.3, 0.4) is 0 Å². The van der Waals surface area contributed by atoms with Gasteiger partial charge in [0.15, 0.2) is 0 Å². The molecule has 0 aliphatic heterocycles. The molecule has 1 N–H and O–H groups in total. The van der Waals surface area contributed by atoms with Crippen molar-refractivity contribution in [3.8, 4) is 0 Å². The number of nitrogens with one attached hydrogen (secondary N) is 1. The van der Waals surface area contributed by atoms with Gasteiger partial charge in [0.1, 0.15) is 0 Å². The lowest BCUT2D eigenvalue weighted by Gasteiger charge is -2.14. The van der Waals surface area contributed by atoms with Gasteiger partial charge in [-0.25, -0.2) is 0 Å². The van der Waals surface area contributed by atoms with Gasteiger partial charge in [-0.2, -0.15) is 0 Å². The number of carbonyl (C=O) groups excluding carboxylic acids is 1. The molecule has 0 radical (unpaired) electrons. The smallest absolute Gasteiger partial charge is 0.251 e. The van der Waals surface area contributed by atoms with E-state index in [2.05, 4.69) is 29.0 Å². The summed E-state index contributed by atoms with van der Waals surface area (Å²) in [6, 6.07) is 18.0. The summed E-state index contributed by atoms with van der Waals surface area (Å²) in [5, 5.41) is 2.85. The van der Waals surface area contributed by atoms with E-state index >= 15 is 0 Å². The molecule has 0 saturated carbocycles. The average molecular weight is 479 g/mol. The summed E-state index contributed by atoms with van der Waals surface area (Å²) in [4.78, 5) is 19.0. The molecule has 2 aromatic carbocycles. The SMILES string of the molecule is C=C(c1ccccc1Sc1ccc(C(=O)NCCOC)cc1C)c1ncccc1C.CC.CC. The molecule has 0 atom stereocenters. The molecule has 5 heteroatoms. The third-order valence-corrected chi connectivity index (χ3v) is 6.01. The Labute approximate surface area is 209 Å². The molecule has 0 spiro atoms. The fourth-order valence-corrected chi connectivity index (χ4v) is 4.17. The summed E-state index contributed by atoms with van der Waals surface area (Å²) >= 11 is 1.67. The molecule has 3 rings (SSSR count). The van der Waals surface area contributed by atoms with E-state index in [9.17, 15) is 4.79 Å². The van der Waals surface area contributed by atoms with E-state index in [1.54, 1.807) is 25.1 Å². The Hall–Kier alpha value is -2.89. The molecule has 1 heterocycles. The number of methoxy groups -OCH3 is 1. The average Bonchev–Trinajstić information content (AvgIpc) is 2.88. The minimum Gasteiger partial charge on any atom is -0.383 e. The number of rotatable bonds is 8. The van der Waals surface area contributed by atoms with Gasteiger partial charge in [-0.05, 0) is 60.9 Å². The minimum atomic E-state index is -0.0916. The number of pyridine rings is 1. The zero-order valence-electron chi connectivity index (χ0n) is 21.6. The van der Waals surface area contributed by atoms with Crippen molar-refractivity contribution in [2.75, 3.05) is 20.3 Å². The standard InChI is InChI=1S/C25H26N2O2S.2C2H6/c1-17-8-7-13-26-24(17)19(3)21-9-5-6-10-23(21)30-22-12-11-20(16-18(22)2)25(28)27-14-15-29-4;2*1-2/h5-13,16H,3,14-15H2,1-2,4H3,(H,27,28);2*1-2H3. The quantitative estimate of drug-likeness (QED) is 0.344. The Morgan fingerprint density at radius 1 is 0.971 bits per heavy atom. The molecule has 0 aliphatic rings. The molecule has 0 unspecified atom stereocenters. The highest BCUT2D eigenvalue weighted by molar-refractivity contribution is 7.99. The summed E-state index contributed by atoms with van der Waals surface area (Å²) in [6.07, 6.45) is 1.80. The van der Waals surface area contributed by atoms with E-state index in [1.165, 1.54) is 0 Å². The molecule has 3 aromatic rings. The van der Waals surface area contributed by atoms with Crippen LogP contribution in [0.25, 0.3) is 5.57 Å². The highest BCUT2D eigenvalue weighted by atomic mass is 32.2. The second-order valence-corrected chi connectivity index (χ2v) is 8.06. The Bertz CT molecular complexity index is 1060. The first-order valence-electron chi connectivity index (χ1n) is 11.8. The first-order valence-corrected chi connectivity index (χ1v) is 12.6. The maximum absolute atomic E-state index is 12.3. The summed E-state index contributed by atoms with van der Waals surface area (Å²) in [7, 11) is 1.62. The first kappa shape index (κ1) is 29.1. The fraction of sp³-hybridized carbons (Fsp3) is 0.310. The molecule has 182 valence electrons. The number of hydrogen-bond acceptors (Lipinski definition) is 4. The van der Waals surface area contributed by atoms with Crippen LogP contribution in [-0.2, 0) is 4.74 Å². The predicted molar refractivity (Wildman–Crippen MR) is 146 cm³/mol. The molecule has 34 heavy (non-hydrogen) atoms. The molecule has 0 bridgehead atoms. The maximum atomic E-state index is 12.3. The molecule has 1 amide bonds. The number of aromatic nitrogens is 1. The zero-order valence-corrected chi connectivity index (χ0v) is 22.4. The molecule has 0 saturated heterocycles. The van der Waals surface area contributed by atoms with Crippen LogP contribution in [0.4, 0.5) is 0 Å². The van der Waals surface area contributed by atoms with Crippen LogP contribution in [0.15, 0.2) is 77.2 Å². The van der Waals surface area contributed by atoms with E-state index in [-0.39, 0.29) is 5.91 Å². The normalized spacial score (nSPS) is 9.74. The Kier molecular flexibility index (Phi) is 13.6. The summed E-state index contributed by atoms with van der Waals surface area (Å²) in [6.45, 7) is 17.4. The van der Waals surface area contributed by atoms with Gasteiger partial charge in [0.2, 0.25) is 0 Å². The van der Waals surface area contributed by atoms with Crippen molar-refractivity contribution >= 4 is 23.2 Å². The van der Waals surface area contributed by atoms with Crippen LogP contribution in [0.5, 0.6) is 0 Å². The van der Waals surface area contributed by atoms with Crippen molar-refractivity contribution in [2.24, 2.45) is 0 Å². The van der Waals surface area contributed by atoms with Gasteiger partial charge >= 0.3 is 0 Å². The highest BCUT2D eigenvalue weighted by Gasteiger charge is 2.14. The van der Waals surface area contributed by atoms with Gasteiger partial charge in [-0.3, -0.25) is 9.78 Å². The van der Waals surface area contributed by atoms with Crippen molar-refractivity contribution < 1.29 is 9.53 Å². The van der Waals surface area contributed by atoms with E-state index in [4.69, 9.17) is 4.74 Å². The molecule has 0 aliphatic carbocycles. The lowest BCUT2D eigenvalue weighted by Crippen LogP contribution is -2.26. The second-order valence-electron chi connectivity index (χ2n) is 6.97. The number of aryl methyl sites for hydroxylation is 2. The van der Waals surface area contributed by atoms with E-state index in [0.29, 0.717) is 18.7 Å². The summed E-state index contributed by atoms with van der Waals surface area (Å²) in [5.41, 5.74) is 5.67. The van der Waals surface area contributed by atoms with E-state index in [0.717, 1.165) is 37.7 Å². The largest absolute Gasteiger partial charge is 0.383 e. The van der Waals surface area contributed by atoms with Crippen molar-refractivity contribution in [1.29, 1.82) is 0 Å². The van der Waals surface area contributed by atoms with Crippen molar-refractivity contribution in [3.63, 3.8) is 0 Å². The Morgan fingerprint density at radius 2 is 1.68 bits per heavy atom. The van der Waals surface area contributed by atoms with Crippen LogP contribution in [0.2, 0.25) is 0 Å². The number of amides is 1. The highest BCUT2D eigenvalue weighted by Crippen LogP contribution is 2.37. The molecule has 1 aromatic heterocycles. The predicted octanol–water partition coefficient (Wildman–Crippen LogP) is 7.34. The van der Waals surface area contributed by atoms with Crippen molar-refractivity contribution in [1.82, 2.24) is 10.3 Å². The Balaban J connectivity index is 0.00000137. The molecular formula is C29H38N2O2S. The monoisotopic (exact) mass is 478 g/mol. The lowest BCUT2D eigenvalue weighted by atomic mass is 10.0. The number of carbonyl (C=O) groups is 1. The van der Waals surface area contributed by atoms with Crippen LogP contribution < -0.4 is 5.32 Å². The number of hydrogen-bond donors (Lipinski definition) is 1. The van der Waals surface area contributed by atoms with Gasteiger partial charge in [0, 0.05) is 40.8 Å². The van der Waals surface area contributed by atoms with Crippen LogP contribution >= 0.6 is 11.8 Å². The fourth-order valence-electron chi connectivity index (χ4n) is 3.13. The number of ether oxygens (including phenoxy) is 1. The van der Waals surface area contributed by atoms with Gasteiger partial charge < -0.3 is 10.1 Å². The zero-order chi connectivity index (χ0) is 25.5. The number of nitrogens with zero attached hydrogens (tertiary/aromatic N) is 1. The summed E-state index contributed by atoms with van der Waals surface area (Å²) in [5.74, 6) is -0.0916. The lowest BCUT2D eigenvalue weighted by molar-refractivity contribution is 0.0937. The topological polar surface area (TPSA) is 51.2 Å². The van der Waals surface area contributed by atoms with Crippen LogP contribution in [0, 0.1) is 13.8 Å². The first-order chi connectivity index (χ1) is 16.5. The maximum Gasteiger partial charge on any atom is 0.251 e. The van der Waals surface area contributed by atoms with Crippen LogP contribution in [-0.4, -0.2) is 31.2 Å². The van der Waals surface area contributed by atoms with E-state index < -0.39 is 0 Å². The van der Waals surface area contributed by atoms with Gasteiger partial charge in [0.05, 0.1) is 12.3 Å². The van der Waals surface area contributed by atoms with E-state index in [1.807, 2.05) is 84.0 Å². The molecule has 0 fully saturated rings. The Morgan fingerprint density at radius 3 is 2.32 bits per heavy atom. The summed E-state index contributed by atoms with van der Waals surface area (Å²) < 4.78 is 4.98. The second kappa shape index (κ2) is 15.9. The molecular weight excluding hydrogens is 440 g/mol. The number of benzene rings is 2.